The maximum Gasteiger partial charge on any atom is 0.236 e. The van der Waals surface area contributed by atoms with Gasteiger partial charge in [-0.3, -0.25) is 4.79 Å². The fourth-order valence-electron chi connectivity index (χ4n) is 2.38. The van der Waals surface area contributed by atoms with E-state index in [1.165, 1.54) is 12.8 Å². The number of amides is 1. The number of methoxy groups -OCH3 is 2. The Balaban J connectivity index is 1.94. The largest absolute Gasteiger partial charge is 0.493 e. The zero-order valence-corrected chi connectivity index (χ0v) is 13.9. The highest BCUT2D eigenvalue weighted by atomic mass is 16.5. The molecule has 1 N–H and O–H groups in total. The van der Waals surface area contributed by atoms with Crippen molar-refractivity contribution in [3.63, 3.8) is 0 Å². The summed E-state index contributed by atoms with van der Waals surface area (Å²) < 4.78 is 10.6. The molecule has 0 aromatic heterocycles. The lowest BCUT2D eigenvalue weighted by Crippen LogP contribution is -2.36. The fraction of sp³-hybridized carbons (Fsp3) is 0.588. The van der Waals surface area contributed by atoms with Gasteiger partial charge in [0.1, 0.15) is 0 Å². The highest BCUT2D eigenvalue weighted by Crippen LogP contribution is 2.30. The first kappa shape index (κ1) is 16.6. The lowest BCUT2D eigenvalue weighted by Gasteiger charge is -2.20. The van der Waals surface area contributed by atoms with Crippen LogP contribution < -0.4 is 14.8 Å². The predicted octanol–water partition coefficient (Wildman–Crippen LogP) is 1.97. The number of nitrogens with zero attached hydrogens (tertiary/aromatic N) is 1. The van der Waals surface area contributed by atoms with E-state index in [4.69, 9.17) is 9.47 Å². The molecule has 1 aliphatic carbocycles. The van der Waals surface area contributed by atoms with Crippen LogP contribution in [0.25, 0.3) is 0 Å². The number of hydrogen-bond donors (Lipinski definition) is 1. The smallest absolute Gasteiger partial charge is 0.236 e. The average molecular weight is 306 g/mol. The number of ether oxygens (including phenoxy) is 2. The molecule has 122 valence electrons. The first-order valence-corrected chi connectivity index (χ1v) is 7.71. The van der Waals surface area contributed by atoms with E-state index < -0.39 is 0 Å². The van der Waals surface area contributed by atoms with Gasteiger partial charge in [-0.1, -0.05) is 0 Å². The molecule has 0 unspecified atom stereocenters. The lowest BCUT2D eigenvalue weighted by molar-refractivity contribution is -0.129. The standard InChI is InChI=1S/C17H26N2O3/c1-12-7-15(21-3)16(22-4)8-14(12)11-19(2)17(20)10-18-9-13-5-6-13/h7-8,13,18H,5-6,9-11H2,1-4H3. The number of rotatable bonds is 8. The molecule has 5 heteroatoms. The minimum absolute atomic E-state index is 0.106. The van der Waals surface area contributed by atoms with Crippen LogP contribution in [-0.4, -0.2) is 45.2 Å². The molecule has 0 aliphatic heterocycles. The van der Waals surface area contributed by atoms with Gasteiger partial charge in [0.15, 0.2) is 11.5 Å². The quantitative estimate of drug-likeness (QED) is 0.798. The highest BCUT2D eigenvalue weighted by molar-refractivity contribution is 5.78. The number of likely N-dealkylation sites (N-methyl/N-ethyl adjacent to an activating group) is 1. The number of hydrogen-bond acceptors (Lipinski definition) is 4. The molecular formula is C17H26N2O3. The summed E-state index contributed by atoms with van der Waals surface area (Å²) in [7, 11) is 5.07. The minimum atomic E-state index is 0.106. The molecule has 0 radical (unpaired) electrons. The van der Waals surface area contributed by atoms with Gasteiger partial charge >= 0.3 is 0 Å². The maximum absolute atomic E-state index is 12.1. The Morgan fingerprint density at radius 2 is 1.91 bits per heavy atom. The molecule has 0 saturated heterocycles. The molecule has 0 atom stereocenters. The van der Waals surface area contributed by atoms with Crippen LogP contribution in [0.5, 0.6) is 11.5 Å². The molecule has 1 saturated carbocycles. The second kappa shape index (κ2) is 7.49. The third-order valence-electron chi connectivity index (χ3n) is 4.08. The number of carbonyl (C=O) groups is 1. The molecule has 0 heterocycles. The Morgan fingerprint density at radius 1 is 1.27 bits per heavy atom. The van der Waals surface area contributed by atoms with Crippen molar-refractivity contribution in [2.75, 3.05) is 34.4 Å². The van der Waals surface area contributed by atoms with E-state index in [1.54, 1.807) is 19.1 Å². The summed E-state index contributed by atoms with van der Waals surface area (Å²) in [5.41, 5.74) is 2.15. The van der Waals surface area contributed by atoms with Crippen LogP contribution in [0, 0.1) is 12.8 Å². The topological polar surface area (TPSA) is 50.8 Å². The summed E-state index contributed by atoms with van der Waals surface area (Å²) in [6.07, 6.45) is 2.59. The van der Waals surface area contributed by atoms with Gasteiger partial charge < -0.3 is 19.7 Å². The fourth-order valence-corrected chi connectivity index (χ4v) is 2.38. The van der Waals surface area contributed by atoms with Crippen LogP contribution in [0.1, 0.15) is 24.0 Å². The van der Waals surface area contributed by atoms with Gasteiger partial charge in [0.2, 0.25) is 5.91 Å². The van der Waals surface area contributed by atoms with Crippen molar-refractivity contribution >= 4 is 5.91 Å². The molecular weight excluding hydrogens is 280 g/mol. The van der Waals surface area contributed by atoms with Gasteiger partial charge in [-0.2, -0.15) is 0 Å². The first-order chi connectivity index (χ1) is 10.5. The summed E-state index contributed by atoms with van der Waals surface area (Å²) in [5.74, 6) is 2.29. The molecule has 1 aromatic carbocycles. The van der Waals surface area contributed by atoms with Gasteiger partial charge in [0.25, 0.3) is 0 Å². The van der Waals surface area contributed by atoms with Crippen molar-refractivity contribution in [3.05, 3.63) is 23.3 Å². The molecule has 5 nitrogen and oxygen atoms in total. The molecule has 0 bridgehead atoms. The van der Waals surface area contributed by atoms with Crippen LogP contribution in [0.2, 0.25) is 0 Å². The summed E-state index contributed by atoms with van der Waals surface area (Å²) in [6.45, 7) is 3.94. The maximum atomic E-state index is 12.1. The summed E-state index contributed by atoms with van der Waals surface area (Å²) >= 11 is 0. The van der Waals surface area contributed by atoms with Crippen LogP contribution in [-0.2, 0) is 11.3 Å². The van der Waals surface area contributed by atoms with Crippen molar-refractivity contribution in [2.45, 2.75) is 26.3 Å². The monoisotopic (exact) mass is 306 g/mol. The van der Waals surface area contributed by atoms with Crippen LogP contribution in [0.4, 0.5) is 0 Å². The number of aryl methyl sites for hydroxylation is 1. The Bertz CT molecular complexity index is 527. The SMILES string of the molecule is COc1cc(C)c(CN(C)C(=O)CNCC2CC2)cc1OC. The van der Waals surface area contributed by atoms with E-state index in [0.29, 0.717) is 24.6 Å². The normalized spacial score (nSPS) is 13.8. The van der Waals surface area contributed by atoms with Crippen LogP contribution >= 0.6 is 0 Å². The molecule has 2 rings (SSSR count). The van der Waals surface area contributed by atoms with E-state index in [-0.39, 0.29) is 5.91 Å². The average Bonchev–Trinajstić information content (AvgIpc) is 3.32. The van der Waals surface area contributed by atoms with Gasteiger partial charge in [-0.05, 0) is 55.5 Å². The van der Waals surface area contributed by atoms with Crippen molar-refractivity contribution in [3.8, 4) is 11.5 Å². The Kier molecular flexibility index (Phi) is 5.66. The van der Waals surface area contributed by atoms with Gasteiger partial charge in [-0.15, -0.1) is 0 Å². The second-order valence-corrected chi connectivity index (χ2v) is 5.96. The van der Waals surface area contributed by atoms with Crippen molar-refractivity contribution in [1.82, 2.24) is 10.2 Å². The van der Waals surface area contributed by atoms with Crippen LogP contribution in [0.15, 0.2) is 12.1 Å². The van der Waals surface area contributed by atoms with Crippen molar-refractivity contribution in [2.24, 2.45) is 5.92 Å². The zero-order chi connectivity index (χ0) is 16.1. The summed E-state index contributed by atoms with van der Waals surface area (Å²) in [6, 6.07) is 3.88. The molecule has 1 aliphatic rings. The molecule has 22 heavy (non-hydrogen) atoms. The first-order valence-electron chi connectivity index (χ1n) is 7.71. The molecule has 1 aromatic rings. The van der Waals surface area contributed by atoms with E-state index >= 15 is 0 Å². The predicted molar refractivity (Wildman–Crippen MR) is 86.4 cm³/mol. The van der Waals surface area contributed by atoms with Gasteiger partial charge in [0, 0.05) is 13.6 Å². The number of nitrogens with one attached hydrogen (secondary N) is 1. The Labute approximate surface area is 132 Å². The minimum Gasteiger partial charge on any atom is -0.493 e. The van der Waals surface area contributed by atoms with Crippen LogP contribution in [0.3, 0.4) is 0 Å². The molecule has 0 spiro atoms. The van der Waals surface area contributed by atoms with Gasteiger partial charge in [0.05, 0.1) is 20.8 Å². The zero-order valence-electron chi connectivity index (χ0n) is 13.9. The van der Waals surface area contributed by atoms with Crippen molar-refractivity contribution in [1.29, 1.82) is 0 Å². The summed E-state index contributed by atoms with van der Waals surface area (Å²) in [5, 5.41) is 3.23. The van der Waals surface area contributed by atoms with E-state index in [2.05, 4.69) is 5.32 Å². The van der Waals surface area contributed by atoms with Crippen molar-refractivity contribution < 1.29 is 14.3 Å². The Hall–Kier alpha value is -1.75. The molecule has 1 fully saturated rings. The third kappa shape index (κ3) is 4.37. The molecule has 1 amide bonds. The Morgan fingerprint density at radius 3 is 2.50 bits per heavy atom. The number of carbonyl (C=O) groups excluding carboxylic acids is 1. The van der Waals surface area contributed by atoms with E-state index in [0.717, 1.165) is 23.6 Å². The highest BCUT2D eigenvalue weighted by Gasteiger charge is 2.21. The van der Waals surface area contributed by atoms with E-state index in [9.17, 15) is 4.79 Å². The lowest BCUT2D eigenvalue weighted by atomic mass is 10.1. The summed E-state index contributed by atoms with van der Waals surface area (Å²) in [4.78, 5) is 13.9. The third-order valence-corrected chi connectivity index (χ3v) is 4.08. The van der Waals surface area contributed by atoms with Gasteiger partial charge in [-0.25, -0.2) is 0 Å². The van der Waals surface area contributed by atoms with E-state index in [1.807, 2.05) is 26.1 Å². The second-order valence-electron chi connectivity index (χ2n) is 5.96. The number of benzene rings is 1.